The molecular weight excluding hydrogens is 305 g/mol. The van der Waals surface area contributed by atoms with Gasteiger partial charge in [-0.25, -0.2) is 0 Å². The van der Waals surface area contributed by atoms with Gasteiger partial charge in [0.05, 0.1) is 24.4 Å². The van der Waals surface area contributed by atoms with Crippen LogP contribution in [0.25, 0.3) is 0 Å². The first-order valence-electron chi connectivity index (χ1n) is 5.00. The highest BCUT2D eigenvalue weighted by Crippen LogP contribution is 2.27. The Kier molecular flexibility index (Phi) is 3.97. The number of hydrogen-bond acceptors (Lipinski definition) is 3. The van der Waals surface area contributed by atoms with E-state index in [1.807, 2.05) is 24.3 Å². The van der Waals surface area contributed by atoms with Crippen LogP contribution in [0.4, 0.5) is 5.69 Å². The third kappa shape index (κ3) is 3.17. The summed E-state index contributed by atoms with van der Waals surface area (Å²) in [6, 6.07) is 9.20. The molecular formula is C12H11BrClNO2. The molecule has 1 heterocycles. The molecule has 3 nitrogen and oxygen atoms in total. The van der Waals surface area contributed by atoms with Crippen LogP contribution < -0.4 is 10.1 Å². The summed E-state index contributed by atoms with van der Waals surface area (Å²) < 4.78 is 11.2. The zero-order chi connectivity index (χ0) is 12.3. The molecule has 17 heavy (non-hydrogen) atoms. The van der Waals surface area contributed by atoms with Crippen LogP contribution in [0.1, 0.15) is 5.76 Å². The lowest BCUT2D eigenvalue weighted by atomic mass is 10.3. The number of furan rings is 1. The number of rotatable bonds is 4. The fourth-order valence-corrected chi connectivity index (χ4v) is 1.92. The predicted octanol–water partition coefficient (Wildman–Crippen LogP) is 4.32. The van der Waals surface area contributed by atoms with Gasteiger partial charge in [-0.3, -0.25) is 0 Å². The second-order valence-corrected chi connectivity index (χ2v) is 4.59. The first-order valence-corrected chi connectivity index (χ1v) is 6.18. The molecule has 1 N–H and O–H groups in total. The number of ether oxygens (including phenoxy) is 1. The lowest BCUT2D eigenvalue weighted by molar-refractivity contribution is 0.415. The number of benzene rings is 1. The topological polar surface area (TPSA) is 34.4 Å². The molecule has 0 fully saturated rings. The molecule has 0 aliphatic heterocycles. The summed E-state index contributed by atoms with van der Waals surface area (Å²) >= 11 is 9.32. The van der Waals surface area contributed by atoms with Gasteiger partial charge in [-0.1, -0.05) is 11.6 Å². The normalized spacial score (nSPS) is 10.3. The van der Waals surface area contributed by atoms with E-state index in [0.29, 0.717) is 16.2 Å². The van der Waals surface area contributed by atoms with Crippen LogP contribution >= 0.6 is 27.5 Å². The first-order chi connectivity index (χ1) is 8.19. The van der Waals surface area contributed by atoms with Gasteiger partial charge < -0.3 is 14.5 Å². The number of halogens is 2. The zero-order valence-electron chi connectivity index (χ0n) is 9.17. The minimum atomic E-state index is 0.568. The van der Waals surface area contributed by atoms with Crippen molar-refractivity contribution >= 4 is 33.2 Å². The Labute approximate surface area is 113 Å². The molecule has 0 spiro atoms. The molecule has 5 heteroatoms. The van der Waals surface area contributed by atoms with E-state index >= 15 is 0 Å². The van der Waals surface area contributed by atoms with Crippen molar-refractivity contribution in [1.82, 2.24) is 0 Å². The molecule has 0 aliphatic rings. The van der Waals surface area contributed by atoms with Gasteiger partial charge in [0.2, 0.25) is 0 Å². The molecule has 2 rings (SSSR count). The quantitative estimate of drug-likeness (QED) is 0.912. The van der Waals surface area contributed by atoms with Gasteiger partial charge in [0.1, 0.15) is 11.5 Å². The third-order valence-electron chi connectivity index (χ3n) is 2.26. The molecule has 0 saturated heterocycles. The maximum absolute atomic E-state index is 6.07. The van der Waals surface area contributed by atoms with Gasteiger partial charge in [0.25, 0.3) is 0 Å². The van der Waals surface area contributed by atoms with Crippen molar-refractivity contribution in [2.45, 2.75) is 6.54 Å². The average Bonchev–Trinajstić information content (AvgIpc) is 2.74. The summed E-state index contributed by atoms with van der Waals surface area (Å²) in [4.78, 5) is 0. The Morgan fingerprint density at radius 1 is 1.35 bits per heavy atom. The van der Waals surface area contributed by atoms with E-state index in [1.54, 1.807) is 13.2 Å². The molecule has 0 unspecified atom stereocenters. The molecule has 0 amide bonds. The summed E-state index contributed by atoms with van der Waals surface area (Å²) in [5.74, 6) is 1.59. The van der Waals surface area contributed by atoms with E-state index < -0.39 is 0 Å². The third-order valence-corrected chi connectivity index (χ3v) is 3.01. The Bertz CT molecular complexity index is 513. The predicted molar refractivity (Wildman–Crippen MR) is 71.7 cm³/mol. The Balaban J connectivity index is 2.07. The maximum Gasteiger partial charge on any atom is 0.169 e. The minimum absolute atomic E-state index is 0.568. The second kappa shape index (κ2) is 5.47. The first kappa shape index (κ1) is 12.3. The SMILES string of the molecule is COc1ccc(Cl)c(NCc2ccc(Br)o2)c1. The van der Waals surface area contributed by atoms with E-state index in [1.165, 1.54) is 0 Å². The van der Waals surface area contributed by atoms with Crippen LogP contribution in [-0.2, 0) is 6.54 Å². The number of anilines is 1. The highest BCUT2D eigenvalue weighted by molar-refractivity contribution is 9.10. The molecule has 0 radical (unpaired) electrons. The van der Waals surface area contributed by atoms with Crippen LogP contribution in [-0.4, -0.2) is 7.11 Å². The number of methoxy groups -OCH3 is 1. The van der Waals surface area contributed by atoms with Crippen LogP contribution in [0.15, 0.2) is 39.4 Å². The van der Waals surface area contributed by atoms with Gasteiger partial charge in [-0.15, -0.1) is 0 Å². The summed E-state index contributed by atoms with van der Waals surface area (Å²) in [5.41, 5.74) is 0.818. The van der Waals surface area contributed by atoms with Crippen molar-refractivity contribution in [3.05, 3.63) is 45.8 Å². The van der Waals surface area contributed by atoms with E-state index in [4.69, 9.17) is 20.8 Å². The van der Waals surface area contributed by atoms with Crippen LogP contribution in [0.3, 0.4) is 0 Å². The molecule has 0 bridgehead atoms. The molecule has 0 atom stereocenters. The monoisotopic (exact) mass is 315 g/mol. The van der Waals surface area contributed by atoms with Gasteiger partial charge in [0, 0.05) is 6.07 Å². The minimum Gasteiger partial charge on any atom is -0.497 e. The van der Waals surface area contributed by atoms with E-state index in [0.717, 1.165) is 17.2 Å². The maximum atomic E-state index is 6.07. The lowest BCUT2D eigenvalue weighted by Crippen LogP contribution is -1.99. The molecule has 2 aromatic rings. The standard InChI is InChI=1S/C12H11BrClNO2/c1-16-8-2-4-10(14)11(6-8)15-7-9-3-5-12(13)17-9/h2-6,15H,7H2,1H3. The highest BCUT2D eigenvalue weighted by atomic mass is 79.9. The molecule has 0 saturated carbocycles. The second-order valence-electron chi connectivity index (χ2n) is 3.41. The van der Waals surface area contributed by atoms with Crippen molar-refractivity contribution in [3.63, 3.8) is 0 Å². The van der Waals surface area contributed by atoms with Crippen LogP contribution in [0.2, 0.25) is 5.02 Å². The fourth-order valence-electron chi connectivity index (χ4n) is 1.40. The van der Waals surface area contributed by atoms with Crippen LogP contribution in [0, 0.1) is 0 Å². The van der Waals surface area contributed by atoms with Crippen molar-refractivity contribution in [2.24, 2.45) is 0 Å². The summed E-state index contributed by atoms with van der Waals surface area (Å²) in [7, 11) is 1.62. The Hall–Kier alpha value is -1.13. The van der Waals surface area contributed by atoms with E-state index in [2.05, 4.69) is 21.2 Å². The van der Waals surface area contributed by atoms with Gasteiger partial charge in [-0.2, -0.15) is 0 Å². The van der Waals surface area contributed by atoms with E-state index in [-0.39, 0.29) is 0 Å². The highest BCUT2D eigenvalue weighted by Gasteiger charge is 2.04. The van der Waals surface area contributed by atoms with Crippen molar-refractivity contribution < 1.29 is 9.15 Å². The number of nitrogens with one attached hydrogen (secondary N) is 1. The van der Waals surface area contributed by atoms with Crippen molar-refractivity contribution in [1.29, 1.82) is 0 Å². The zero-order valence-corrected chi connectivity index (χ0v) is 11.5. The Morgan fingerprint density at radius 2 is 2.18 bits per heavy atom. The summed E-state index contributed by atoms with van der Waals surface area (Å²) in [6.07, 6.45) is 0. The molecule has 0 aliphatic carbocycles. The largest absolute Gasteiger partial charge is 0.497 e. The summed E-state index contributed by atoms with van der Waals surface area (Å²) in [5, 5.41) is 3.84. The van der Waals surface area contributed by atoms with Gasteiger partial charge in [0.15, 0.2) is 4.67 Å². The molecule has 1 aromatic heterocycles. The average molecular weight is 317 g/mol. The number of hydrogen-bond donors (Lipinski definition) is 1. The Morgan fingerprint density at radius 3 is 2.82 bits per heavy atom. The fraction of sp³-hybridized carbons (Fsp3) is 0.167. The smallest absolute Gasteiger partial charge is 0.169 e. The summed E-state index contributed by atoms with van der Waals surface area (Å²) in [6.45, 7) is 0.568. The van der Waals surface area contributed by atoms with Gasteiger partial charge in [-0.05, 0) is 40.2 Å². The van der Waals surface area contributed by atoms with E-state index in [9.17, 15) is 0 Å². The van der Waals surface area contributed by atoms with Crippen LogP contribution in [0.5, 0.6) is 5.75 Å². The lowest BCUT2D eigenvalue weighted by Gasteiger charge is -2.08. The van der Waals surface area contributed by atoms with Crippen molar-refractivity contribution in [2.75, 3.05) is 12.4 Å². The molecule has 1 aromatic carbocycles. The molecule has 90 valence electrons. The van der Waals surface area contributed by atoms with Gasteiger partial charge >= 0.3 is 0 Å². The van der Waals surface area contributed by atoms with Crippen molar-refractivity contribution in [3.8, 4) is 5.75 Å².